The monoisotopic (exact) mass is 407 g/mol. The maximum atomic E-state index is 8.96. The van der Waals surface area contributed by atoms with Gasteiger partial charge >= 0.3 is 0 Å². The molecule has 29 heavy (non-hydrogen) atoms. The van der Waals surface area contributed by atoms with Gasteiger partial charge in [-0.1, -0.05) is 81.3 Å². The van der Waals surface area contributed by atoms with E-state index < -0.39 is 0 Å². The maximum absolute atomic E-state index is 8.96. The molecule has 3 rings (SSSR count). The molecule has 2 aliphatic rings. The molecule has 1 heterocycles. The molecule has 0 N–H and O–H groups in total. The molecule has 1 aliphatic carbocycles. The third kappa shape index (κ3) is 7.45. The third-order valence-corrected chi connectivity index (χ3v) is 11.3. The van der Waals surface area contributed by atoms with E-state index in [1.165, 1.54) is 69.8 Å². The highest BCUT2D eigenvalue weighted by molar-refractivity contribution is 6.58. The van der Waals surface area contributed by atoms with Gasteiger partial charge in [0.2, 0.25) is 0 Å². The van der Waals surface area contributed by atoms with E-state index in [4.69, 9.17) is 5.26 Å². The zero-order chi connectivity index (χ0) is 20.3. The summed E-state index contributed by atoms with van der Waals surface area (Å²) >= 11 is 0. The fraction of sp³-hybridized carbons (Fsp3) is 0.667. The molecule has 0 aromatic heterocycles. The summed E-state index contributed by atoms with van der Waals surface area (Å²) in [6, 6.07) is 15.4. The molecule has 1 saturated heterocycles. The molecule has 1 aliphatic heterocycles. The fourth-order valence-electron chi connectivity index (χ4n) is 5.84. The van der Waals surface area contributed by atoms with E-state index in [1.807, 2.05) is 12.1 Å². The van der Waals surface area contributed by atoms with Crippen LogP contribution in [0.25, 0.3) is 0 Å². The Morgan fingerprint density at radius 3 is 2.10 bits per heavy atom. The van der Waals surface area contributed by atoms with Gasteiger partial charge in [0.1, 0.15) is 0 Å². The van der Waals surface area contributed by atoms with E-state index in [0.29, 0.717) is 0 Å². The quantitative estimate of drug-likeness (QED) is 0.219. The second-order valence-electron chi connectivity index (χ2n) is 9.84. The molecule has 1 nitrogen and oxygen atoms in total. The summed E-state index contributed by atoms with van der Waals surface area (Å²) in [5, 5.41) is 8.96. The average Bonchev–Trinajstić information content (AvgIpc) is 2.78. The van der Waals surface area contributed by atoms with Crippen molar-refractivity contribution in [2.75, 3.05) is 0 Å². The van der Waals surface area contributed by atoms with Gasteiger partial charge in [-0.2, -0.15) is 5.26 Å². The predicted octanol–water partition coefficient (Wildman–Crippen LogP) is 8.00. The van der Waals surface area contributed by atoms with Crippen LogP contribution in [0.2, 0.25) is 18.1 Å². The molecule has 1 saturated carbocycles. The van der Waals surface area contributed by atoms with E-state index in [0.717, 1.165) is 23.3 Å². The first-order valence-electron chi connectivity index (χ1n) is 12.4. The Labute approximate surface area is 181 Å². The highest BCUT2D eigenvalue weighted by Crippen LogP contribution is 2.38. The molecular weight excluding hydrogens is 366 g/mol. The lowest BCUT2D eigenvalue weighted by Crippen LogP contribution is -2.21. The van der Waals surface area contributed by atoms with Gasteiger partial charge in [-0.05, 0) is 67.6 Å². The van der Waals surface area contributed by atoms with E-state index in [1.54, 1.807) is 31.0 Å². The highest BCUT2D eigenvalue weighted by atomic mass is 28.3. The molecule has 2 heteroatoms. The van der Waals surface area contributed by atoms with Crippen LogP contribution >= 0.6 is 0 Å². The van der Waals surface area contributed by atoms with Crippen molar-refractivity contribution >= 4 is 8.80 Å². The molecule has 158 valence electrons. The number of nitrogens with zero attached hydrogens (tertiary/aromatic N) is 1. The van der Waals surface area contributed by atoms with E-state index in [9.17, 15) is 0 Å². The molecule has 1 aromatic rings. The zero-order valence-corrected chi connectivity index (χ0v) is 19.6. The normalized spacial score (nSPS) is 27.3. The molecular formula is C27H41NSi. The van der Waals surface area contributed by atoms with Gasteiger partial charge in [-0.15, -0.1) is 6.58 Å². The van der Waals surface area contributed by atoms with Crippen molar-refractivity contribution in [3.05, 3.63) is 48.0 Å². The predicted molar refractivity (Wildman–Crippen MR) is 128 cm³/mol. The van der Waals surface area contributed by atoms with Crippen LogP contribution in [0.4, 0.5) is 0 Å². The van der Waals surface area contributed by atoms with Crippen LogP contribution in [-0.2, 0) is 0 Å². The largest absolute Gasteiger partial charge is 0.192 e. The van der Waals surface area contributed by atoms with Gasteiger partial charge in [0, 0.05) is 8.80 Å². The van der Waals surface area contributed by atoms with Crippen LogP contribution in [-0.4, -0.2) is 8.80 Å². The Kier molecular flexibility index (Phi) is 9.54. The summed E-state index contributed by atoms with van der Waals surface area (Å²) in [6.07, 6.45) is 19.3. The average molecular weight is 408 g/mol. The highest BCUT2D eigenvalue weighted by Gasteiger charge is 2.23. The Balaban J connectivity index is 1.24. The number of rotatable bonds is 10. The number of benzene rings is 1. The maximum Gasteiger partial charge on any atom is 0.0991 e. The van der Waals surface area contributed by atoms with Crippen molar-refractivity contribution in [3.63, 3.8) is 0 Å². The lowest BCUT2D eigenvalue weighted by molar-refractivity contribution is 0.297. The van der Waals surface area contributed by atoms with Crippen LogP contribution in [0.15, 0.2) is 36.9 Å². The van der Waals surface area contributed by atoms with E-state index in [-0.39, 0.29) is 8.80 Å². The van der Waals surface area contributed by atoms with Crippen molar-refractivity contribution in [2.24, 2.45) is 11.8 Å². The Morgan fingerprint density at radius 2 is 1.52 bits per heavy atom. The number of hydrogen-bond acceptors (Lipinski definition) is 1. The standard InChI is InChI=1S/C27H41NSi/c1-2-3-6-19-29-20-17-24(18-21-29)8-5-4-7-23-9-13-26(14-10-23)27-15-11-25(22-28)12-16-27/h2,11-12,15-16,23-24,26,29H,1,3-10,13-14,17-21H2. The van der Waals surface area contributed by atoms with Crippen molar-refractivity contribution in [2.45, 2.75) is 101 Å². The Hall–Kier alpha value is -1.33. The third-order valence-electron chi connectivity index (χ3n) is 7.82. The zero-order valence-electron chi connectivity index (χ0n) is 18.5. The number of allylic oxidation sites excluding steroid dienone is 1. The van der Waals surface area contributed by atoms with Crippen LogP contribution in [0.3, 0.4) is 0 Å². The molecule has 0 radical (unpaired) electrons. The molecule has 0 amide bonds. The molecule has 2 fully saturated rings. The van der Waals surface area contributed by atoms with Crippen LogP contribution < -0.4 is 0 Å². The van der Waals surface area contributed by atoms with E-state index in [2.05, 4.69) is 30.9 Å². The van der Waals surface area contributed by atoms with Gasteiger partial charge in [-0.3, -0.25) is 0 Å². The Morgan fingerprint density at radius 1 is 0.897 bits per heavy atom. The lowest BCUT2D eigenvalue weighted by Gasteiger charge is -2.29. The smallest absolute Gasteiger partial charge is 0.0991 e. The molecule has 1 aromatic carbocycles. The van der Waals surface area contributed by atoms with Gasteiger partial charge in [0.05, 0.1) is 11.6 Å². The first kappa shape index (κ1) is 22.4. The van der Waals surface area contributed by atoms with Gasteiger partial charge in [0.15, 0.2) is 0 Å². The summed E-state index contributed by atoms with van der Waals surface area (Å²) < 4.78 is 0. The number of hydrogen-bond donors (Lipinski definition) is 0. The van der Waals surface area contributed by atoms with Gasteiger partial charge in [-0.25, -0.2) is 0 Å². The molecule has 0 bridgehead atoms. The topological polar surface area (TPSA) is 23.8 Å². The first-order chi connectivity index (χ1) is 14.3. The van der Waals surface area contributed by atoms with Crippen molar-refractivity contribution < 1.29 is 0 Å². The molecule has 0 unspecified atom stereocenters. The number of unbranched alkanes of at least 4 members (excludes halogenated alkanes) is 2. The lowest BCUT2D eigenvalue weighted by atomic mass is 9.77. The number of nitriles is 1. The minimum atomic E-state index is -0.361. The van der Waals surface area contributed by atoms with Gasteiger partial charge < -0.3 is 0 Å². The van der Waals surface area contributed by atoms with Crippen LogP contribution in [0, 0.1) is 23.2 Å². The second kappa shape index (κ2) is 12.4. The SMILES string of the molecule is C=CCCC[SiH]1CCC(CCCCC2CCC(c3ccc(C#N)cc3)CC2)CC1. The molecule has 0 atom stereocenters. The second-order valence-corrected chi connectivity index (χ2v) is 13.3. The molecule has 0 spiro atoms. The summed E-state index contributed by atoms with van der Waals surface area (Å²) in [5.74, 6) is 2.76. The fourth-order valence-corrected chi connectivity index (χ4v) is 9.40. The summed E-state index contributed by atoms with van der Waals surface area (Å²) in [6.45, 7) is 3.86. The summed E-state index contributed by atoms with van der Waals surface area (Å²) in [7, 11) is -0.361. The van der Waals surface area contributed by atoms with E-state index >= 15 is 0 Å². The summed E-state index contributed by atoms with van der Waals surface area (Å²) in [5.41, 5.74) is 2.23. The summed E-state index contributed by atoms with van der Waals surface area (Å²) in [4.78, 5) is 0. The Bertz CT molecular complexity index is 627. The first-order valence-corrected chi connectivity index (χ1v) is 14.8. The van der Waals surface area contributed by atoms with Crippen molar-refractivity contribution in [1.29, 1.82) is 5.26 Å². The minimum absolute atomic E-state index is 0.361. The van der Waals surface area contributed by atoms with Crippen LogP contribution in [0.5, 0.6) is 0 Å². The van der Waals surface area contributed by atoms with Crippen molar-refractivity contribution in [1.82, 2.24) is 0 Å². The minimum Gasteiger partial charge on any atom is -0.192 e. The van der Waals surface area contributed by atoms with Crippen molar-refractivity contribution in [3.8, 4) is 6.07 Å². The van der Waals surface area contributed by atoms with Gasteiger partial charge in [0.25, 0.3) is 0 Å². The van der Waals surface area contributed by atoms with Crippen LogP contribution in [0.1, 0.15) is 94.1 Å².